The number of nitrogens with one attached hydrogen (secondary N) is 1. The van der Waals surface area contributed by atoms with Crippen LogP contribution < -0.4 is 5.32 Å². The van der Waals surface area contributed by atoms with Crippen molar-refractivity contribution in [1.82, 2.24) is 5.32 Å². The molecule has 0 heterocycles. The second-order valence-electron chi connectivity index (χ2n) is 11.9. The summed E-state index contributed by atoms with van der Waals surface area (Å²) >= 11 is 3.53. The summed E-state index contributed by atoms with van der Waals surface area (Å²) in [4.78, 5) is 25.2. The Labute approximate surface area is 249 Å². The van der Waals surface area contributed by atoms with Crippen LogP contribution in [0.3, 0.4) is 0 Å². The number of carboxylic acid groups (broad SMARTS) is 1. The Bertz CT molecular complexity index is 1110. The molecule has 2 aromatic carbocycles. The van der Waals surface area contributed by atoms with Crippen molar-refractivity contribution in [3.8, 4) is 11.1 Å². The van der Waals surface area contributed by atoms with Crippen molar-refractivity contribution in [1.29, 1.82) is 0 Å². The summed E-state index contributed by atoms with van der Waals surface area (Å²) in [5.41, 5.74) is 4.33. The number of aryl methyl sites for hydroxylation is 1. The first-order chi connectivity index (χ1) is 19.1. The van der Waals surface area contributed by atoms with Gasteiger partial charge in [0.15, 0.2) is 0 Å². The standard InChI is InChI=1S/C33H47NO4S2/c1-23-11-9-10-14-27(23)29-20-25(15-16-28(29)31(35)34-30(32(36)37)17-18-39-5)21-38-26(22-40-33(2,3)4)19-24-12-7-6-8-13-24/h9-11,14-16,20,24,26,30H,6-8,12-13,17-19,21-22H2,1-5H3,(H,34,35)(H,36,37)/t26-,30-/m0/s1. The molecule has 1 amide bonds. The summed E-state index contributed by atoms with van der Waals surface area (Å²) in [7, 11) is 0. The number of amides is 1. The van der Waals surface area contributed by atoms with Crippen LogP contribution in [0.2, 0.25) is 0 Å². The first kappa shape index (κ1) is 32.6. The van der Waals surface area contributed by atoms with E-state index in [-0.39, 0.29) is 16.8 Å². The third-order valence-corrected chi connectivity index (χ3v) is 9.54. The maximum atomic E-state index is 13.4. The molecule has 220 valence electrons. The Balaban J connectivity index is 1.83. The van der Waals surface area contributed by atoms with Crippen molar-refractivity contribution >= 4 is 35.4 Å². The summed E-state index contributed by atoms with van der Waals surface area (Å²) in [6.07, 6.45) is 10.2. The van der Waals surface area contributed by atoms with E-state index in [2.05, 4.69) is 26.1 Å². The fourth-order valence-corrected chi connectivity index (χ4v) is 6.63. The fraction of sp³-hybridized carbons (Fsp3) is 0.576. The summed E-state index contributed by atoms with van der Waals surface area (Å²) in [6.45, 7) is 9.27. The average Bonchev–Trinajstić information content (AvgIpc) is 2.92. The van der Waals surface area contributed by atoms with Crippen LogP contribution in [0.4, 0.5) is 0 Å². The lowest BCUT2D eigenvalue weighted by atomic mass is 9.85. The van der Waals surface area contributed by atoms with E-state index in [9.17, 15) is 14.7 Å². The van der Waals surface area contributed by atoms with E-state index in [1.54, 1.807) is 11.8 Å². The van der Waals surface area contributed by atoms with Gasteiger partial charge in [0.25, 0.3) is 5.91 Å². The molecule has 1 fully saturated rings. The number of hydrogen-bond donors (Lipinski definition) is 2. The van der Waals surface area contributed by atoms with Gasteiger partial charge in [0.1, 0.15) is 6.04 Å². The molecule has 1 aliphatic rings. The highest BCUT2D eigenvalue weighted by Gasteiger charge is 2.24. The summed E-state index contributed by atoms with van der Waals surface area (Å²) in [5, 5.41) is 12.4. The van der Waals surface area contributed by atoms with Crippen LogP contribution in [0, 0.1) is 12.8 Å². The maximum absolute atomic E-state index is 13.4. The van der Waals surface area contributed by atoms with Gasteiger partial charge in [0.2, 0.25) is 0 Å². The van der Waals surface area contributed by atoms with Crippen LogP contribution >= 0.6 is 23.5 Å². The predicted molar refractivity (Wildman–Crippen MR) is 170 cm³/mol. The molecule has 2 N–H and O–H groups in total. The van der Waals surface area contributed by atoms with Gasteiger partial charge in [-0.3, -0.25) is 4.79 Å². The van der Waals surface area contributed by atoms with Crippen molar-refractivity contribution in [2.75, 3.05) is 17.8 Å². The summed E-state index contributed by atoms with van der Waals surface area (Å²) < 4.78 is 6.77. The Kier molecular flexibility index (Phi) is 12.9. The SMILES string of the molecule is CSCC[C@H](NC(=O)c1ccc(CO[C@H](CSC(C)(C)C)CC2CCCCC2)cc1-c1ccccc1C)C(=O)O. The number of thioether (sulfide) groups is 2. The molecule has 0 aliphatic heterocycles. The number of carbonyl (C=O) groups is 2. The Morgan fingerprint density at radius 3 is 2.45 bits per heavy atom. The van der Waals surface area contributed by atoms with Gasteiger partial charge in [0.05, 0.1) is 12.7 Å². The zero-order chi connectivity index (χ0) is 29.1. The molecular weight excluding hydrogens is 539 g/mol. The monoisotopic (exact) mass is 585 g/mol. The Hall–Kier alpha value is -1.96. The van der Waals surface area contributed by atoms with Crippen LogP contribution in [0.25, 0.3) is 11.1 Å². The van der Waals surface area contributed by atoms with Gasteiger partial charge in [0, 0.05) is 16.1 Å². The Morgan fingerprint density at radius 2 is 1.80 bits per heavy atom. The van der Waals surface area contributed by atoms with Crippen LogP contribution in [0.5, 0.6) is 0 Å². The number of benzene rings is 2. The van der Waals surface area contributed by atoms with Gasteiger partial charge in [-0.05, 0) is 72.1 Å². The minimum Gasteiger partial charge on any atom is -0.480 e. The molecule has 0 spiro atoms. The molecule has 3 rings (SSSR count). The number of ether oxygens (including phenoxy) is 1. The zero-order valence-electron chi connectivity index (χ0n) is 24.8. The predicted octanol–water partition coefficient (Wildman–Crippen LogP) is 7.99. The van der Waals surface area contributed by atoms with Gasteiger partial charge in [-0.2, -0.15) is 23.5 Å². The molecule has 0 unspecified atom stereocenters. The van der Waals surface area contributed by atoms with Crippen molar-refractivity contribution < 1.29 is 19.4 Å². The third-order valence-electron chi connectivity index (χ3n) is 7.49. The van der Waals surface area contributed by atoms with E-state index in [4.69, 9.17) is 4.74 Å². The number of carboxylic acids is 1. The molecule has 5 nitrogen and oxygen atoms in total. The molecule has 1 saturated carbocycles. The average molecular weight is 586 g/mol. The molecule has 2 aromatic rings. The van der Waals surface area contributed by atoms with Gasteiger partial charge >= 0.3 is 5.97 Å². The normalized spacial score (nSPS) is 15.9. The first-order valence-corrected chi connectivity index (χ1v) is 16.9. The van der Waals surface area contributed by atoms with Crippen LogP contribution in [-0.2, 0) is 16.1 Å². The van der Waals surface area contributed by atoms with Crippen LogP contribution in [0.15, 0.2) is 42.5 Å². The van der Waals surface area contributed by atoms with E-state index < -0.39 is 12.0 Å². The van der Waals surface area contributed by atoms with Gasteiger partial charge in [-0.15, -0.1) is 0 Å². The third kappa shape index (κ3) is 10.5. The molecule has 0 bridgehead atoms. The van der Waals surface area contributed by atoms with Crippen LogP contribution in [0.1, 0.15) is 87.2 Å². The van der Waals surface area contributed by atoms with Gasteiger partial charge in [-0.25, -0.2) is 4.79 Å². The van der Waals surface area contributed by atoms with Crippen molar-refractivity contribution in [2.24, 2.45) is 5.92 Å². The van der Waals surface area contributed by atoms with E-state index in [0.717, 1.165) is 40.3 Å². The highest BCUT2D eigenvalue weighted by Crippen LogP contribution is 2.33. The van der Waals surface area contributed by atoms with Gasteiger partial charge in [-0.1, -0.05) is 83.2 Å². The second-order valence-corrected chi connectivity index (χ2v) is 14.8. The fourth-order valence-electron chi connectivity index (χ4n) is 5.24. The Morgan fingerprint density at radius 1 is 1.07 bits per heavy atom. The molecular formula is C33H47NO4S2. The lowest BCUT2D eigenvalue weighted by Gasteiger charge is -2.28. The quantitative estimate of drug-likeness (QED) is 0.234. The highest BCUT2D eigenvalue weighted by molar-refractivity contribution is 8.00. The minimum atomic E-state index is -1.01. The van der Waals surface area contributed by atoms with Crippen molar-refractivity contribution in [2.45, 2.75) is 96.1 Å². The first-order valence-electron chi connectivity index (χ1n) is 14.5. The van der Waals surface area contributed by atoms with Crippen LogP contribution in [-0.4, -0.2) is 51.6 Å². The van der Waals surface area contributed by atoms with Crippen molar-refractivity contribution in [3.63, 3.8) is 0 Å². The molecule has 0 saturated heterocycles. The molecule has 2 atom stereocenters. The van der Waals surface area contributed by atoms with E-state index in [1.165, 1.54) is 32.1 Å². The second kappa shape index (κ2) is 15.9. The molecule has 0 aromatic heterocycles. The van der Waals surface area contributed by atoms with E-state index in [0.29, 0.717) is 24.3 Å². The number of carbonyl (C=O) groups excluding carboxylic acids is 1. The summed E-state index contributed by atoms with van der Waals surface area (Å²) in [5.74, 6) is 0.991. The van der Waals surface area contributed by atoms with E-state index >= 15 is 0 Å². The zero-order valence-corrected chi connectivity index (χ0v) is 26.5. The molecule has 0 radical (unpaired) electrons. The minimum absolute atomic E-state index is 0.185. The van der Waals surface area contributed by atoms with E-state index in [1.807, 2.05) is 67.4 Å². The number of aliphatic carboxylic acids is 1. The highest BCUT2D eigenvalue weighted by atomic mass is 32.2. The lowest BCUT2D eigenvalue weighted by Crippen LogP contribution is -2.41. The molecule has 40 heavy (non-hydrogen) atoms. The summed E-state index contributed by atoms with van der Waals surface area (Å²) in [6, 6.07) is 12.9. The molecule has 1 aliphatic carbocycles. The largest absolute Gasteiger partial charge is 0.480 e. The topological polar surface area (TPSA) is 75.6 Å². The maximum Gasteiger partial charge on any atom is 0.326 e. The smallest absolute Gasteiger partial charge is 0.326 e. The lowest BCUT2D eigenvalue weighted by molar-refractivity contribution is -0.139. The number of hydrogen-bond acceptors (Lipinski definition) is 5. The van der Waals surface area contributed by atoms with Gasteiger partial charge < -0.3 is 15.2 Å². The molecule has 7 heteroatoms. The number of rotatable bonds is 14. The van der Waals surface area contributed by atoms with Crippen molar-refractivity contribution in [3.05, 3.63) is 59.2 Å².